The number of benzene rings is 2. The van der Waals surface area contributed by atoms with Gasteiger partial charge in [0.1, 0.15) is 5.82 Å². The van der Waals surface area contributed by atoms with E-state index in [1.165, 1.54) is 37.1 Å². The number of hydrogen-bond acceptors (Lipinski definition) is 3. The summed E-state index contributed by atoms with van der Waals surface area (Å²) in [6.07, 6.45) is 5.43. The Morgan fingerprint density at radius 3 is 2.38 bits per heavy atom. The molecule has 0 aliphatic carbocycles. The lowest BCUT2D eigenvalue weighted by atomic mass is 9.96. The Morgan fingerprint density at radius 2 is 1.59 bits per heavy atom. The van der Waals surface area contributed by atoms with Crippen LogP contribution in [0.25, 0.3) is 0 Å². The van der Waals surface area contributed by atoms with Crippen molar-refractivity contribution >= 4 is 11.8 Å². The number of amides is 2. The van der Waals surface area contributed by atoms with Gasteiger partial charge in [-0.05, 0) is 92.7 Å². The molecule has 3 aliphatic heterocycles. The third-order valence-corrected chi connectivity index (χ3v) is 7.15. The minimum absolute atomic E-state index is 0.0855. The largest absolute Gasteiger partial charge is 0.334 e. The van der Waals surface area contributed by atoms with Crippen molar-refractivity contribution in [2.45, 2.75) is 44.7 Å². The zero-order valence-corrected chi connectivity index (χ0v) is 18.4. The van der Waals surface area contributed by atoms with E-state index in [4.69, 9.17) is 0 Å². The van der Waals surface area contributed by atoms with Crippen molar-refractivity contribution in [2.24, 2.45) is 0 Å². The van der Waals surface area contributed by atoms with Gasteiger partial charge in [0.2, 0.25) is 0 Å². The summed E-state index contributed by atoms with van der Waals surface area (Å²) in [4.78, 5) is 32.5. The SMILES string of the molecule is O=C(c1ccc(F)cc1)N1CCc2cc(C(=O)N3CCC[C@H]3CN3CCCC3)ccc2C1. The van der Waals surface area contributed by atoms with Crippen LogP contribution in [-0.4, -0.2) is 65.3 Å². The molecule has 2 saturated heterocycles. The molecule has 6 heteroatoms. The fourth-order valence-corrected chi connectivity index (χ4v) is 5.36. The second kappa shape index (κ2) is 9.02. The smallest absolute Gasteiger partial charge is 0.254 e. The Kier molecular flexibility index (Phi) is 5.96. The molecular formula is C26H30FN3O2. The number of carbonyl (C=O) groups excluding carboxylic acids is 2. The maximum absolute atomic E-state index is 13.3. The second-order valence-corrected chi connectivity index (χ2v) is 9.27. The molecule has 0 N–H and O–H groups in total. The molecule has 2 aromatic rings. The van der Waals surface area contributed by atoms with Crippen molar-refractivity contribution in [3.63, 3.8) is 0 Å². The summed E-state index contributed by atoms with van der Waals surface area (Å²) < 4.78 is 13.2. The molecule has 5 rings (SSSR count). The van der Waals surface area contributed by atoms with Gasteiger partial charge in [0.05, 0.1) is 0 Å². The average molecular weight is 436 g/mol. The molecule has 168 valence electrons. The van der Waals surface area contributed by atoms with Crippen LogP contribution in [-0.2, 0) is 13.0 Å². The van der Waals surface area contributed by atoms with E-state index in [2.05, 4.69) is 9.80 Å². The molecule has 0 bridgehead atoms. The van der Waals surface area contributed by atoms with E-state index in [0.717, 1.165) is 62.1 Å². The molecule has 3 aliphatic rings. The molecule has 2 fully saturated rings. The lowest BCUT2D eigenvalue weighted by molar-refractivity contribution is 0.0703. The Bertz CT molecular complexity index is 1000. The number of likely N-dealkylation sites (tertiary alicyclic amines) is 2. The van der Waals surface area contributed by atoms with Gasteiger partial charge in [0.25, 0.3) is 11.8 Å². The number of rotatable bonds is 4. The quantitative estimate of drug-likeness (QED) is 0.735. The first-order valence-corrected chi connectivity index (χ1v) is 11.8. The van der Waals surface area contributed by atoms with Gasteiger partial charge in [0.15, 0.2) is 0 Å². The first-order valence-electron chi connectivity index (χ1n) is 11.8. The topological polar surface area (TPSA) is 43.9 Å². The van der Waals surface area contributed by atoms with E-state index in [0.29, 0.717) is 24.7 Å². The van der Waals surface area contributed by atoms with Crippen molar-refractivity contribution < 1.29 is 14.0 Å². The summed E-state index contributed by atoms with van der Waals surface area (Å²) in [5, 5.41) is 0. The molecular weight excluding hydrogens is 405 g/mol. The lowest BCUT2D eigenvalue weighted by Crippen LogP contribution is -2.42. The highest BCUT2D eigenvalue weighted by Crippen LogP contribution is 2.26. The van der Waals surface area contributed by atoms with Crippen molar-refractivity contribution in [3.8, 4) is 0 Å². The van der Waals surface area contributed by atoms with Gasteiger partial charge >= 0.3 is 0 Å². The first-order chi connectivity index (χ1) is 15.6. The van der Waals surface area contributed by atoms with Crippen LogP contribution < -0.4 is 0 Å². The van der Waals surface area contributed by atoms with Gasteiger partial charge < -0.3 is 14.7 Å². The Morgan fingerprint density at radius 1 is 0.844 bits per heavy atom. The predicted octanol–water partition coefficient (Wildman–Crippen LogP) is 3.72. The Hall–Kier alpha value is -2.73. The van der Waals surface area contributed by atoms with Gasteiger partial charge in [-0.2, -0.15) is 0 Å². The zero-order chi connectivity index (χ0) is 22.1. The number of fused-ring (bicyclic) bond motifs is 1. The fraction of sp³-hybridized carbons (Fsp3) is 0.462. The second-order valence-electron chi connectivity index (χ2n) is 9.27. The molecule has 0 saturated carbocycles. The molecule has 0 aromatic heterocycles. The van der Waals surface area contributed by atoms with Crippen molar-refractivity contribution in [3.05, 3.63) is 70.5 Å². The Balaban J connectivity index is 1.27. The molecule has 32 heavy (non-hydrogen) atoms. The van der Waals surface area contributed by atoms with Gasteiger partial charge in [-0.1, -0.05) is 6.07 Å². The van der Waals surface area contributed by atoms with E-state index >= 15 is 0 Å². The van der Waals surface area contributed by atoms with Crippen LogP contribution in [0.2, 0.25) is 0 Å². The summed E-state index contributed by atoms with van der Waals surface area (Å²) in [6, 6.07) is 12.0. The minimum Gasteiger partial charge on any atom is -0.334 e. The van der Waals surface area contributed by atoms with E-state index in [-0.39, 0.29) is 17.6 Å². The summed E-state index contributed by atoms with van der Waals surface area (Å²) in [7, 11) is 0. The minimum atomic E-state index is -0.344. The highest BCUT2D eigenvalue weighted by molar-refractivity contribution is 5.95. The number of nitrogens with zero attached hydrogens (tertiary/aromatic N) is 3. The normalized spacial score (nSPS) is 21.1. The Labute approximate surface area is 188 Å². The maximum Gasteiger partial charge on any atom is 0.254 e. The van der Waals surface area contributed by atoms with E-state index in [1.54, 1.807) is 4.90 Å². The van der Waals surface area contributed by atoms with Crippen LogP contribution in [0.3, 0.4) is 0 Å². The third-order valence-electron chi connectivity index (χ3n) is 7.15. The van der Waals surface area contributed by atoms with Gasteiger partial charge in [-0.3, -0.25) is 9.59 Å². The van der Waals surface area contributed by atoms with Crippen LogP contribution in [0.5, 0.6) is 0 Å². The summed E-state index contributed by atoms with van der Waals surface area (Å²) in [5.41, 5.74) is 3.49. The number of hydrogen-bond donors (Lipinski definition) is 0. The maximum atomic E-state index is 13.3. The standard InChI is InChI=1S/C26H30FN3O2/c27-23-9-7-19(8-10-23)25(31)29-15-11-20-16-21(5-6-22(20)17-29)26(32)30-14-3-4-24(30)18-28-12-1-2-13-28/h5-10,16,24H,1-4,11-15,17-18H2/t24-/m0/s1. The fourth-order valence-electron chi connectivity index (χ4n) is 5.36. The van der Waals surface area contributed by atoms with Crippen LogP contribution in [0.4, 0.5) is 4.39 Å². The van der Waals surface area contributed by atoms with Crippen LogP contribution in [0, 0.1) is 5.82 Å². The highest BCUT2D eigenvalue weighted by Gasteiger charge is 2.32. The number of halogens is 1. The zero-order valence-electron chi connectivity index (χ0n) is 18.4. The van der Waals surface area contributed by atoms with Crippen LogP contribution in [0.15, 0.2) is 42.5 Å². The van der Waals surface area contributed by atoms with Gasteiger partial charge in [-0.15, -0.1) is 0 Å². The van der Waals surface area contributed by atoms with E-state index in [9.17, 15) is 14.0 Å². The summed E-state index contributed by atoms with van der Waals surface area (Å²) in [5.74, 6) is -0.291. The van der Waals surface area contributed by atoms with E-state index < -0.39 is 0 Å². The molecule has 0 unspecified atom stereocenters. The van der Waals surface area contributed by atoms with Gasteiger partial charge in [0, 0.05) is 43.3 Å². The van der Waals surface area contributed by atoms with Crippen molar-refractivity contribution in [1.82, 2.24) is 14.7 Å². The van der Waals surface area contributed by atoms with Crippen LogP contribution in [0.1, 0.15) is 57.5 Å². The molecule has 5 nitrogen and oxygen atoms in total. The van der Waals surface area contributed by atoms with Crippen molar-refractivity contribution in [1.29, 1.82) is 0 Å². The molecule has 2 amide bonds. The molecule has 1 atom stereocenters. The lowest BCUT2D eigenvalue weighted by Gasteiger charge is -2.31. The molecule has 0 spiro atoms. The van der Waals surface area contributed by atoms with Crippen molar-refractivity contribution in [2.75, 3.05) is 32.7 Å². The van der Waals surface area contributed by atoms with E-state index in [1.807, 2.05) is 18.2 Å². The van der Waals surface area contributed by atoms with Crippen LogP contribution >= 0.6 is 0 Å². The summed E-state index contributed by atoms with van der Waals surface area (Å²) in [6.45, 7) is 5.27. The monoisotopic (exact) mass is 435 g/mol. The third kappa shape index (κ3) is 4.29. The number of carbonyl (C=O) groups is 2. The highest BCUT2D eigenvalue weighted by atomic mass is 19.1. The first kappa shape index (κ1) is 21.1. The predicted molar refractivity (Wildman–Crippen MR) is 121 cm³/mol. The average Bonchev–Trinajstić information content (AvgIpc) is 3.50. The van der Waals surface area contributed by atoms with Gasteiger partial charge in [-0.25, -0.2) is 4.39 Å². The summed E-state index contributed by atoms with van der Waals surface area (Å²) >= 11 is 0. The molecule has 3 heterocycles. The molecule has 2 aromatic carbocycles. The molecule has 0 radical (unpaired) electrons.